The van der Waals surface area contributed by atoms with E-state index in [4.69, 9.17) is 0 Å². The van der Waals surface area contributed by atoms with Crippen LogP contribution in [-0.2, 0) is 14.4 Å². The van der Waals surface area contributed by atoms with Gasteiger partial charge in [0.2, 0.25) is 17.7 Å². The summed E-state index contributed by atoms with van der Waals surface area (Å²) in [7, 11) is 0. The molecule has 0 radical (unpaired) electrons. The molecule has 1 saturated heterocycles. The second kappa shape index (κ2) is 9.91. The predicted molar refractivity (Wildman–Crippen MR) is 127 cm³/mol. The first kappa shape index (κ1) is 22.6. The zero-order valence-electron chi connectivity index (χ0n) is 18.0. The Morgan fingerprint density at radius 2 is 1.91 bits per heavy atom. The smallest absolute Gasteiger partial charge is 0.231 e. The molecule has 0 bridgehead atoms. The Labute approximate surface area is 194 Å². The summed E-state index contributed by atoms with van der Waals surface area (Å²) in [5, 5.41) is 7.86. The van der Waals surface area contributed by atoms with E-state index >= 15 is 0 Å². The Bertz CT molecular complexity index is 1180. The molecule has 0 unspecified atom stereocenters. The highest BCUT2D eigenvalue weighted by atomic mass is 32.1. The minimum Gasteiger partial charge on any atom is -0.326 e. The fraction of sp³-hybridized carbons (Fsp3) is 0.250. The third kappa shape index (κ3) is 5.25. The third-order valence-corrected chi connectivity index (χ3v) is 6.07. The Kier molecular flexibility index (Phi) is 6.79. The minimum absolute atomic E-state index is 0.0175. The largest absolute Gasteiger partial charge is 0.326 e. The van der Waals surface area contributed by atoms with Crippen molar-refractivity contribution in [2.75, 3.05) is 22.1 Å². The van der Waals surface area contributed by atoms with Crippen LogP contribution in [0.2, 0.25) is 0 Å². The number of hydrogen-bond acceptors (Lipinski definition) is 5. The van der Waals surface area contributed by atoms with Gasteiger partial charge in [-0.1, -0.05) is 31.2 Å². The number of anilines is 3. The van der Waals surface area contributed by atoms with Gasteiger partial charge in [-0.15, -0.1) is 11.3 Å². The number of para-hydroxylation sites is 1. The predicted octanol–water partition coefficient (Wildman–Crippen LogP) is 4.68. The van der Waals surface area contributed by atoms with Gasteiger partial charge in [-0.3, -0.25) is 14.4 Å². The first-order valence-corrected chi connectivity index (χ1v) is 11.5. The van der Waals surface area contributed by atoms with Gasteiger partial charge in [0.1, 0.15) is 5.82 Å². The van der Waals surface area contributed by atoms with Gasteiger partial charge in [0.15, 0.2) is 5.13 Å². The van der Waals surface area contributed by atoms with E-state index in [9.17, 15) is 18.8 Å². The standard InChI is InChI=1S/C24H23FN4O3S/c1-2-5-21(30)26-17-10-8-15(9-11-17)19-14-33-24(27-19)28-23(32)16-12-22(31)29(13-16)20-7-4-3-6-18(20)25/h3-4,6-11,14,16H,2,5,12-13H2,1H3,(H,26,30)(H,27,28,32)/t16-/m1/s1. The number of thiazole rings is 1. The van der Waals surface area contributed by atoms with Crippen molar-refractivity contribution in [3.8, 4) is 11.3 Å². The average Bonchev–Trinajstić information content (AvgIpc) is 3.41. The van der Waals surface area contributed by atoms with Gasteiger partial charge >= 0.3 is 0 Å². The lowest BCUT2D eigenvalue weighted by molar-refractivity contribution is -0.122. The fourth-order valence-corrected chi connectivity index (χ4v) is 4.36. The molecule has 0 spiro atoms. The van der Waals surface area contributed by atoms with E-state index < -0.39 is 11.7 Å². The van der Waals surface area contributed by atoms with Crippen LogP contribution in [0.25, 0.3) is 11.3 Å². The Morgan fingerprint density at radius 3 is 2.64 bits per heavy atom. The van der Waals surface area contributed by atoms with E-state index in [1.165, 1.54) is 28.4 Å². The van der Waals surface area contributed by atoms with Crippen LogP contribution in [0.4, 0.5) is 20.9 Å². The van der Waals surface area contributed by atoms with Gasteiger partial charge in [-0.25, -0.2) is 9.37 Å². The van der Waals surface area contributed by atoms with E-state index in [1.54, 1.807) is 12.1 Å². The molecule has 7 nitrogen and oxygen atoms in total. The van der Waals surface area contributed by atoms with Crippen molar-refractivity contribution >= 4 is 45.6 Å². The topological polar surface area (TPSA) is 91.4 Å². The van der Waals surface area contributed by atoms with Gasteiger partial charge in [-0.2, -0.15) is 0 Å². The number of rotatable bonds is 7. The fourth-order valence-electron chi connectivity index (χ4n) is 3.63. The van der Waals surface area contributed by atoms with Crippen LogP contribution in [0.15, 0.2) is 53.9 Å². The molecule has 2 heterocycles. The summed E-state index contributed by atoms with van der Waals surface area (Å²) in [6, 6.07) is 13.3. The number of nitrogens with one attached hydrogen (secondary N) is 2. The zero-order chi connectivity index (χ0) is 23.4. The highest BCUT2D eigenvalue weighted by Crippen LogP contribution is 2.30. The molecular weight excluding hydrogens is 443 g/mol. The van der Waals surface area contributed by atoms with Gasteiger partial charge in [0, 0.05) is 36.0 Å². The molecule has 2 N–H and O–H groups in total. The number of benzene rings is 2. The first-order valence-electron chi connectivity index (χ1n) is 10.7. The van der Waals surface area contributed by atoms with Crippen molar-refractivity contribution in [2.45, 2.75) is 26.2 Å². The highest BCUT2D eigenvalue weighted by Gasteiger charge is 2.36. The summed E-state index contributed by atoms with van der Waals surface area (Å²) >= 11 is 1.28. The summed E-state index contributed by atoms with van der Waals surface area (Å²) in [6.07, 6.45) is 1.28. The molecule has 33 heavy (non-hydrogen) atoms. The molecule has 9 heteroatoms. The maximum absolute atomic E-state index is 14.1. The average molecular weight is 467 g/mol. The van der Waals surface area contributed by atoms with Crippen molar-refractivity contribution in [3.63, 3.8) is 0 Å². The van der Waals surface area contributed by atoms with Crippen molar-refractivity contribution in [2.24, 2.45) is 5.92 Å². The molecule has 1 aliphatic rings. The van der Waals surface area contributed by atoms with Crippen molar-refractivity contribution in [1.82, 2.24) is 4.98 Å². The summed E-state index contributed by atoms with van der Waals surface area (Å²) in [6.45, 7) is 2.07. The van der Waals surface area contributed by atoms with Crippen LogP contribution >= 0.6 is 11.3 Å². The number of nitrogens with zero attached hydrogens (tertiary/aromatic N) is 2. The van der Waals surface area contributed by atoms with Gasteiger partial charge in [0.05, 0.1) is 17.3 Å². The molecule has 1 aliphatic heterocycles. The summed E-state index contributed by atoms with van der Waals surface area (Å²) in [5.41, 5.74) is 2.44. The van der Waals surface area contributed by atoms with Gasteiger partial charge in [0.25, 0.3) is 0 Å². The number of carbonyl (C=O) groups excluding carboxylic acids is 3. The molecule has 1 atom stereocenters. The Morgan fingerprint density at radius 1 is 1.15 bits per heavy atom. The third-order valence-electron chi connectivity index (χ3n) is 5.31. The number of amides is 3. The quantitative estimate of drug-likeness (QED) is 0.529. The van der Waals surface area contributed by atoms with E-state index in [1.807, 2.05) is 36.6 Å². The Hall–Kier alpha value is -3.59. The molecule has 170 valence electrons. The summed E-state index contributed by atoms with van der Waals surface area (Å²) < 4.78 is 14.1. The van der Waals surface area contributed by atoms with E-state index in [0.717, 1.165) is 12.0 Å². The lowest BCUT2D eigenvalue weighted by atomic mass is 10.1. The van der Waals surface area contributed by atoms with Crippen LogP contribution in [-0.4, -0.2) is 29.3 Å². The molecule has 0 saturated carbocycles. The van der Waals surface area contributed by atoms with Crippen LogP contribution in [0.5, 0.6) is 0 Å². The molecule has 0 aliphatic carbocycles. The lowest BCUT2D eigenvalue weighted by Crippen LogP contribution is -2.28. The number of halogens is 1. The molecular formula is C24H23FN4O3S. The van der Waals surface area contributed by atoms with Gasteiger partial charge < -0.3 is 15.5 Å². The van der Waals surface area contributed by atoms with Crippen molar-refractivity contribution in [3.05, 3.63) is 59.7 Å². The van der Waals surface area contributed by atoms with Crippen LogP contribution in [0.3, 0.4) is 0 Å². The molecule has 2 aromatic carbocycles. The Balaban J connectivity index is 1.38. The van der Waals surface area contributed by atoms with Crippen LogP contribution in [0, 0.1) is 11.7 Å². The minimum atomic E-state index is -0.588. The zero-order valence-corrected chi connectivity index (χ0v) is 18.8. The summed E-state index contributed by atoms with van der Waals surface area (Å²) in [5.74, 6) is -1.71. The molecule has 4 rings (SSSR count). The SMILES string of the molecule is CCCC(=O)Nc1ccc(-c2csc(NC(=O)[C@@H]3CC(=O)N(c4ccccc4F)C3)n2)cc1. The number of aromatic nitrogens is 1. The maximum atomic E-state index is 14.1. The lowest BCUT2D eigenvalue weighted by Gasteiger charge is -2.17. The molecule has 3 amide bonds. The highest BCUT2D eigenvalue weighted by molar-refractivity contribution is 7.14. The number of hydrogen-bond donors (Lipinski definition) is 2. The monoisotopic (exact) mass is 466 g/mol. The number of carbonyl (C=O) groups is 3. The van der Waals surface area contributed by atoms with Crippen LogP contribution in [0.1, 0.15) is 26.2 Å². The second-order valence-corrected chi connectivity index (χ2v) is 8.62. The van der Waals surface area contributed by atoms with E-state index in [0.29, 0.717) is 22.9 Å². The molecule has 3 aromatic rings. The van der Waals surface area contributed by atoms with Crippen molar-refractivity contribution in [1.29, 1.82) is 0 Å². The molecule has 1 aromatic heterocycles. The maximum Gasteiger partial charge on any atom is 0.231 e. The normalized spacial score (nSPS) is 15.5. The first-order chi connectivity index (χ1) is 15.9. The molecule has 1 fully saturated rings. The van der Waals surface area contributed by atoms with E-state index in [2.05, 4.69) is 15.6 Å². The second-order valence-electron chi connectivity index (χ2n) is 7.76. The van der Waals surface area contributed by atoms with Crippen LogP contribution < -0.4 is 15.5 Å². The van der Waals surface area contributed by atoms with Gasteiger partial charge in [-0.05, 0) is 30.7 Å². The van der Waals surface area contributed by atoms with Crippen molar-refractivity contribution < 1.29 is 18.8 Å². The van der Waals surface area contributed by atoms with E-state index in [-0.39, 0.29) is 36.4 Å². The summed E-state index contributed by atoms with van der Waals surface area (Å²) in [4.78, 5) is 42.6.